The monoisotopic (exact) mass is 444 g/mol. The highest BCUT2D eigenvalue weighted by molar-refractivity contribution is 7.91. The number of rotatable bonds is 3. The third-order valence-corrected chi connectivity index (χ3v) is 7.80. The SMILES string of the molecule is O=S(=O)(c1ccc(Cl)cc1)c1cnc2ccccc2c1N1CCC2(CC1)OCCO2. The molecule has 2 fully saturated rings. The maximum atomic E-state index is 13.5. The molecule has 6 nitrogen and oxygen atoms in total. The predicted molar refractivity (Wildman–Crippen MR) is 115 cm³/mol. The smallest absolute Gasteiger partial charge is 0.210 e. The van der Waals surface area contributed by atoms with E-state index in [-0.39, 0.29) is 9.79 Å². The average molecular weight is 445 g/mol. The molecule has 0 radical (unpaired) electrons. The van der Waals surface area contributed by atoms with Gasteiger partial charge in [-0.05, 0) is 30.3 Å². The van der Waals surface area contributed by atoms with Gasteiger partial charge in [0.05, 0.1) is 29.3 Å². The van der Waals surface area contributed by atoms with Crippen molar-refractivity contribution in [3.05, 3.63) is 59.8 Å². The molecular formula is C22H21ClN2O4S. The zero-order valence-electron chi connectivity index (χ0n) is 16.3. The molecule has 0 saturated carbocycles. The summed E-state index contributed by atoms with van der Waals surface area (Å²) < 4.78 is 38.8. The highest BCUT2D eigenvalue weighted by atomic mass is 35.5. The summed E-state index contributed by atoms with van der Waals surface area (Å²) in [4.78, 5) is 6.95. The molecule has 2 aliphatic rings. The van der Waals surface area contributed by atoms with Crippen molar-refractivity contribution in [1.82, 2.24) is 4.98 Å². The fourth-order valence-corrected chi connectivity index (χ4v) is 5.79. The first kappa shape index (κ1) is 19.8. The molecule has 2 saturated heterocycles. The molecule has 0 bridgehead atoms. The van der Waals surface area contributed by atoms with Crippen LogP contribution in [0, 0.1) is 0 Å². The second kappa shape index (κ2) is 7.50. The van der Waals surface area contributed by atoms with Gasteiger partial charge >= 0.3 is 0 Å². The van der Waals surface area contributed by atoms with Crippen LogP contribution in [0.3, 0.4) is 0 Å². The van der Waals surface area contributed by atoms with E-state index >= 15 is 0 Å². The molecule has 0 unspecified atom stereocenters. The lowest BCUT2D eigenvalue weighted by atomic mass is 10.0. The number of ether oxygens (including phenoxy) is 2. The number of halogens is 1. The minimum Gasteiger partial charge on any atom is -0.369 e. The molecular weight excluding hydrogens is 424 g/mol. The number of anilines is 1. The van der Waals surface area contributed by atoms with E-state index in [9.17, 15) is 8.42 Å². The van der Waals surface area contributed by atoms with Crippen LogP contribution in [-0.2, 0) is 19.3 Å². The summed E-state index contributed by atoms with van der Waals surface area (Å²) in [5.41, 5.74) is 1.44. The van der Waals surface area contributed by atoms with E-state index in [0.29, 0.717) is 49.9 Å². The third-order valence-electron chi connectivity index (χ3n) is 5.78. The Balaban J connectivity index is 1.62. The van der Waals surface area contributed by atoms with Gasteiger partial charge in [0, 0.05) is 42.5 Å². The normalized spacial score (nSPS) is 18.9. The number of piperidine rings is 1. The highest BCUT2D eigenvalue weighted by Gasteiger charge is 2.41. The third kappa shape index (κ3) is 3.36. The largest absolute Gasteiger partial charge is 0.369 e. The van der Waals surface area contributed by atoms with Crippen LogP contribution >= 0.6 is 11.6 Å². The first-order valence-electron chi connectivity index (χ1n) is 9.90. The molecule has 5 rings (SSSR count). The molecule has 0 atom stereocenters. The first-order valence-corrected chi connectivity index (χ1v) is 11.8. The lowest BCUT2D eigenvalue weighted by Crippen LogP contribution is -2.45. The zero-order chi connectivity index (χ0) is 20.8. The van der Waals surface area contributed by atoms with Gasteiger partial charge in [-0.1, -0.05) is 29.8 Å². The minimum atomic E-state index is -3.78. The first-order chi connectivity index (χ1) is 14.5. The molecule has 0 aliphatic carbocycles. The highest BCUT2D eigenvalue weighted by Crippen LogP contribution is 2.40. The van der Waals surface area contributed by atoms with Gasteiger partial charge in [0.25, 0.3) is 0 Å². The number of hydrogen-bond donors (Lipinski definition) is 0. The lowest BCUT2D eigenvalue weighted by molar-refractivity contribution is -0.169. The Hall–Kier alpha value is -2.19. The van der Waals surface area contributed by atoms with Crippen molar-refractivity contribution in [1.29, 1.82) is 0 Å². The van der Waals surface area contributed by atoms with Crippen molar-refractivity contribution in [3.8, 4) is 0 Å². The Morgan fingerprint density at radius 3 is 2.33 bits per heavy atom. The molecule has 1 aromatic heterocycles. The fourth-order valence-electron chi connectivity index (χ4n) is 4.23. The number of sulfone groups is 1. The van der Waals surface area contributed by atoms with Crippen molar-refractivity contribution in [2.75, 3.05) is 31.2 Å². The summed E-state index contributed by atoms with van der Waals surface area (Å²) in [5.74, 6) is -0.533. The van der Waals surface area contributed by atoms with Crippen molar-refractivity contribution in [2.45, 2.75) is 28.4 Å². The fraction of sp³-hybridized carbons (Fsp3) is 0.318. The summed E-state index contributed by atoms with van der Waals surface area (Å²) in [7, 11) is -3.78. The van der Waals surface area contributed by atoms with Gasteiger partial charge in [-0.3, -0.25) is 4.98 Å². The van der Waals surface area contributed by atoms with E-state index in [1.54, 1.807) is 12.1 Å². The number of para-hydroxylation sites is 1. The van der Waals surface area contributed by atoms with Gasteiger partial charge in [-0.2, -0.15) is 0 Å². The molecule has 8 heteroatoms. The lowest BCUT2D eigenvalue weighted by Gasteiger charge is -2.39. The van der Waals surface area contributed by atoms with E-state index in [1.165, 1.54) is 18.3 Å². The molecule has 3 aromatic rings. The number of hydrogen-bond acceptors (Lipinski definition) is 6. The Kier molecular flexibility index (Phi) is 4.94. The molecule has 2 aromatic carbocycles. The summed E-state index contributed by atoms with van der Waals surface area (Å²) in [6.07, 6.45) is 2.84. The maximum absolute atomic E-state index is 13.5. The van der Waals surface area contributed by atoms with Gasteiger partial charge in [0.2, 0.25) is 9.84 Å². The van der Waals surface area contributed by atoms with Crippen molar-refractivity contribution >= 4 is 38.0 Å². The van der Waals surface area contributed by atoms with Gasteiger partial charge in [-0.25, -0.2) is 8.42 Å². The maximum Gasteiger partial charge on any atom is 0.210 e. The van der Waals surface area contributed by atoms with Gasteiger partial charge < -0.3 is 14.4 Å². The number of nitrogens with zero attached hydrogens (tertiary/aromatic N) is 2. The van der Waals surface area contributed by atoms with Crippen molar-refractivity contribution < 1.29 is 17.9 Å². The Bertz CT molecular complexity index is 1180. The second-order valence-corrected chi connectivity index (χ2v) is 9.89. The van der Waals surface area contributed by atoms with Crippen LogP contribution < -0.4 is 4.90 Å². The van der Waals surface area contributed by atoms with Gasteiger partial charge in [0.15, 0.2) is 5.79 Å². The van der Waals surface area contributed by atoms with E-state index in [4.69, 9.17) is 21.1 Å². The summed E-state index contributed by atoms with van der Waals surface area (Å²) >= 11 is 5.96. The van der Waals surface area contributed by atoms with Crippen LogP contribution in [0.1, 0.15) is 12.8 Å². The zero-order valence-corrected chi connectivity index (χ0v) is 17.8. The Morgan fingerprint density at radius 1 is 0.967 bits per heavy atom. The van der Waals surface area contributed by atoms with Crippen LogP contribution in [-0.4, -0.2) is 45.5 Å². The minimum absolute atomic E-state index is 0.196. The number of fused-ring (bicyclic) bond motifs is 1. The molecule has 0 amide bonds. The van der Waals surface area contributed by atoms with Gasteiger partial charge in [0.1, 0.15) is 4.90 Å². The Labute approximate surface area is 180 Å². The molecule has 30 heavy (non-hydrogen) atoms. The Morgan fingerprint density at radius 2 is 1.63 bits per heavy atom. The van der Waals surface area contributed by atoms with Crippen molar-refractivity contribution in [2.24, 2.45) is 0 Å². The molecule has 156 valence electrons. The van der Waals surface area contributed by atoms with E-state index in [1.807, 2.05) is 24.3 Å². The van der Waals surface area contributed by atoms with Gasteiger partial charge in [-0.15, -0.1) is 0 Å². The van der Waals surface area contributed by atoms with Crippen LogP contribution in [0.5, 0.6) is 0 Å². The quantitative estimate of drug-likeness (QED) is 0.606. The molecule has 3 heterocycles. The van der Waals surface area contributed by atoms with Crippen LogP contribution in [0.4, 0.5) is 5.69 Å². The molecule has 1 spiro atoms. The number of benzene rings is 2. The average Bonchev–Trinajstić information content (AvgIpc) is 3.22. The van der Waals surface area contributed by atoms with Crippen LogP contribution in [0.2, 0.25) is 5.02 Å². The van der Waals surface area contributed by atoms with Crippen molar-refractivity contribution in [3.63, 3.8) is 0 Å². The summed E-state index contributed by atoms with van der Waals surface area (Å²) in [6.45, 7) is 2.48. The molecule has 0 N–H and O–H groups in total. The van der Waals surface area contributed by atoms with E-state index in [0.717, 1.165) is 10.9 Å². The molecule has 2 aliphatic heterocycles. The standard InChI is InChI=1S/C22H21ClN2O4S/c23-16-5-7-17(8-6-16)30(26,27)20-15-24-19-4-2-1-3-18(19)21(20)25-11-9-22(10-12-25)28-13-14-29-22/h1-8,15H,9-14H2. The summed E-state index contributed by atoms with van der Waals surface area (Å²) in [5, 5.41) is 1.31. The summed E-state index contributed by atoms with van der Waals surface area (Å²) in [6, 6.07) is 13.9. The van der Waals surface area contributed by atoms with Crippen LogP contribution in [0.15, 0.2) is 64.5 Å². The van der Waals surface area contributed by atoms with E-state index in [2.05, 4.69) is 9.88 Å². The number of aromatic nitrogens is 1. The van der Waals surface area contributed by atoms with E-state index < -0.39 is 15.6 Å². The van der Waals surface area contributed by atoms with Crippen LogP contribution in [0.25, 0.3) is 10.9 Å². The topological polar surface area (TPSA) is 68.7 Å². The second-order valence-electron chi connectivity index (χ2n) is 7.54. The number of pyridine rings is 1. The predicted octanol–water partition coefficient (Wildman–Crippen LogP) is 4.06.